The van der Waals surface area contributed by atoms with Crippen molar-refractivity contribution in [2.24, 2.45) is 0 Å². The number of fused-ring (bicyclic) bond motifs is 3. The first-order valence-electron chi connectivity index (χ1n) is 7.89. The van der Waals surface area contributed by atoms with E-state index < -0.39 is 0 Å². The average Bonchev–Trinajstić information content (AvgIpc) is 2.93. The molecule has 1 saturated heterocycles. The molecule has 3 aromatic rings. The lowest BCUT2D eigenvalue weighted by Gasteiger charge is -2.34. The summed E-state index contributed by atoms with van der Waals surface area (Å²) in [6.45, 7) is 9.38. The molecular formula is C17H20N4O. The number of nitrogens with zero attached hydrogens (tertiary/aromatic N) is 4. The van der Waals surface area contributed by atoms with Gasteiger partial charge in [-0.1, -0.05) is 19.1 Å². The molecule has 1 aromatic carbocycles. The number of aromatic nitrogens is 2. The SMILES string of the molecule is CCN1CCN(c2nc(C)nc3c2oc2ccccc23)CC1. The van der Waals surface area contributed by atoms with Crippen LogP contribution in [0.5, 0.6) is 0 Å². The number of aryl methyl sites for hydroxylation is 1. The first-order valence-corrected chi connectivity index (χ1v) is 7.89. The van der Waals surface area contributed by atoms with Crippen LogP contribution in [0.15, 0.2) is 28.7 Å². The highest BCUT2D eigenvalue weighted by Gasteiger charge is 2.22. The molecule has 0 bridgehead atoms. The standard InChI is InChI=1S/C17H20N4O/c1-3-20-8-10-21(11-9-20)17-16-15(18-12(2)19-17)13-6-4-5-7-14(13)22-16/h4-7H,3,8-11H2,1-2H3. The molecule has 0 amide bonds. The van der Waals surface area contributed by atoms with E-state index in [1.165, 1.54) is 0 Å². The van der Waals surface area contributed by atoms with E-state index in [2.05, 4.69) is 32.8 Å². The number of anilines is 1. The first kappa shape index (κ1) is 13.5. The molecule has 1 aliphatic heterocycles. The summed E-state index contributed by atoms with van der Waals surface area (Å²) in [4.78, 5) is 14.1. The minimum absolute atomic E-state index is 0.798. The summed E-state index contributed by atoms with van der Waals surface area (Å²) in [6.07, 6.45) is 0. The zero-order valence-corrected chi connectivity index (χ0v) is 13.0. The Morgan fingerprint density at radius 2 is 1.86 bits per heavy atom. The molecule has 22 heavy (non-hydrogen) atoms. The molecule has 0 radical (unpaired) electrons. The van der Waals surface area contributed by atoms with Gasteiger partial charge in [-0.05, 0) is 25.6 Å². The minimum atomic E-state index is 0.798. The highest BCUT2D eigenvalue weighted by atomic mass is 16.3. The van der Waals surface area contributed by atoms with E-state index in [1.54, 1.807) is 0 Å². The van der Waals surface area contributed by atoms with Crippen LogP contribution in [-0.2, 0) is 0 Å². The van der Waals surface area contributed by atoms with Crippen LogP contribution in [0.25, 0.3) is 22.1 Å². The van der Waals surface area contributed by atoms with E-state index in [1.807, 2.05) is 25.1 Å². The molecule has 1 aliphatic rings. The van der Waals surface area contributed by atoms with Crippen LogP contribution in [0.4, 0.5) is 5.82 Å². The number of hydrogen-bond donors (Lipinski definition) is 0. The van der Waals surface area contributed by atoms with Crippen LogP contribution >= 0.6 is 0 Å². The van der Waals surface area contributed by atoms with Gasteiger partial charge in [0.15, 0.2) is 11.4 Å². The monoisotopic (exact) mass is 296 g/mol. The summed E-state index contributed by atoms with van der Waals surface area (Å²) in [5, 5.41) is 1.07. The summed E-state index contributed by atoms with van der Waals surface area (Å²) in [6, 6.07) is 8.07. The molecule has 2 aromatic heterocycles. The maximum Gasteiger partial charge on any atom is 0.196 e. The van der Waals surface area contributed by atoms with Crippen molar-refractivity contribution in [2.45, 2.75) is 13.8 Å². The predicted molar refractivity (Wildman–Crippen MR) is 88.4 cm³/mol. The quantitative estimate of drug-likeness (QED) is 0.727. The molecule has 0 aliphatic carbocycles. The Labute approximate surface area is 129 Å². The Kier molecular flexibility index (Phi) is 3.22. The molecule has 0 unspecified atom stereocenters. The second-order valence-electron chi connectivity index (χ2n) is 5.79. The lowest BCUT2D eigenvalue weighted by molar-refractivity contribution is 0.270. The fourth-order valence-electron chi connectivity index (χ4n) is 3.18. The summed E-state index contributed by atoms with van der Waals surface area (Å²) in [7, 11) is 0. The predicted octanol–water partition coefficient (Wildman–Crippen LogP) is 2.83. The zero-order chi connectivity index (χ0) is 15.1. The van der Waals surface area contributed by atoms with Crippen molar-refractivity contribution in [2.75, 3.05) is 37.6 Å². The van der Waals surface area contributed by atoms with Crippen molar-refractivity contribution in [1.29, 1.82) is 0 Å². The van der Waals surface area contributed by atoms with Gasteiger partial charge in [0.25, 0.3) is 0 Å². The van der Waals surface area contributed by atoms with Crippen LogP contribution in [0, 0.1) is 6.92 Å². The number of rotatable bonds is 2. The molecule has 114 valence electrons. The Morgan fingerprint density at radius 1 is 1.09 bits per heavy atom. The van der Waals surface area contributed by atoms with Crippen molar-refractivity contribution in [3.05, 3.63) is 30.1 Å². The van der Waals surface area contributed by atoms with Gasteiger partial charge in [-0.2, -0.15) is 0 Å². The van der Waals surface area contributed by atoms with Crippen molar-refractivity contribution < 1.29 is 4.42 Å². The molecule has 4 rings (SSSR count). The molecule has 5 nitrogen and oxygen atoms in total. The second kappa shape index (κ2) is 5.25. The third kappa shape index (κ3) is 2.13. The van der Waals surface area contributed by atoms with E-state index in [9.17, 15) is 0 Å². The number of likely N-dealkylation sites (N-methyl/N-ethyl adjacent to an activating group) is 1. The summed E-state index contributed by atoms with van der Waals surface area (Å²) >= 11 is 0. The minimum Gasteiger partial charge on any atom is -0.450 e. The Morgan fingerprint density at radius 3 is 2.64 bits per heavy atom. The van der Waals surface area contributed by atoms with E-state index >= 15 is 0 Å². The molecule has 5 heteroatoms. The number of furan rings is 1. The maximum absolute atomic E-state index is 6.06. The van der Waals surface area contributed by atoms with Crippen molar-refractivity contribution in [3.63, 3.8) is 0 Å². The zero-order valence-electron chi connectivity index (χ0n) is 13.0. The van der Waals surface area contributed by atoms with Gasteiger partial charge >= 0.3 is 0 Å². The Hall–Kier alpha value is -2.14. The fourth-order valence-corrected chi connectivity index (χ4v) is 3.18. The smallest absolute Gasteiger partial charge is 0.196 e. The molecule has 0 saturated carbocycles. The lowest BCUT2D eigenvalue weighted by atomic mass is 10.2. The van der Waals surface area contributed by atoms with Crippen molar-refractivity contribution in [3.8, 4) is 0 Å². The van der Waals surface area contributed by atoms with Gasteiger partial charge in [0.1, 0.15) is 16.9 Å². The number of benzene rings is 1. The van der Waals surface area contributed by atoms with Crippen LogP contribution in [0.1, 0.15) is 12.7 Å². The number of piperazine rings is 1. The molecular weight excluding hydrogens is 276 g/mol. The Bertz CT molecular complexity index is 818. The molecule has 0 atom stereocenters. The highest BCUT2D eigenvalue weighted by Crippen LogP contribution is 2.33. The molecule has 0 N–H and O–H groups in total. The third-order valence-electron chi connectivity index (χ3n) is 4.43. The largest absolute Gasteiger partial charge is 0.450 e. The van der Waals surface area contributed by atoms with E-state index in [4.69, 9.17) is 4.42 Å². The van der Waals surface area contributed by atoms with Gasteiger partial charge in [-0.25, -0.2) is 9.97 Å². The van der Waals surface area contributed by atoms with Gasteiger partial charge in [0.2, 0.25) is 0 Å². The maximum atomic E-state index is 6.06. The molecule has 1 fully saturated rings. The molecule has 3 heterocycles. The Balaban J connectivity index is 1.83. The number of para-hydroxylation sites is 1. The van der Waals surface area contributed by atoms with E-state index in [-0.39, 0.29) is 0 Å². The average molecular weight is 296 g/mol. The van der Waals surface area contributed by atoms with E-state index in [0.29, 0.717) is 0 Å². The van der Waals surface area contributed by atoms with Crippen LogP contribution < -0.4 is 4.90 Å². The van der Waals surface area contributed by atoms with Crippen molar-refractivity contribution in [1.82, 2.24) is 14.9 Å². The van der Waals surface area contributed by atoms with Gasteiger partial charge < -0.3 is 14.2 Å². The normalized spacial score (nSPS) is 16.7. The lowest BCUT2D eigenvalue weighted by Crippen LogP contribution is -2.46. The number of hydrogen-bond acceptors (Lipinski definition) is 5. The summed E-state index contributed by atoms with van der Waals surface area (Å²) in [5.41, 5.74) is 2.62. The van der Waals surface area contributed by atoms with Crippen LogP contribution in [-0.4, -0.2) is 47.6 Å². The van der Waals surface area contributed by atoms with Gasteiger partial charge in [-0.3, -0.25) is 0 Å². The molecule has 0 spiro atoms. The van der Waals surface area contributed by atoms with E-state index in [0.717, 1.165) is 66.4 Å². The van der Waals surface area contributed by atoms with Crippen LogP contribution in [0.2, 0.25) is 0 Å². The summed E-state index contributed by atoms with van der Waals surface area (Å²) < 4.78 is 6.06. The fraction of sp³-hybridized carbons (Fsp3) is 0.412. The first-order chi connectivity index (χ1) is 10.8. The van der Waals surface area contributed by atoms with Gasteiger partial charge in [-0.15, -0.1) is 0 Å². The van der Waals surface area contributed by atoms with Crippen molar-refractivity contribution >= 4 is 27.9 Å². The third-order valence-corrected chi connectivity index (χ3v) is 4.43. The van der Waals surface area contributed by atoms with Gasteiger partial charge in [0.05, 0.1) is 0 Å². The topological polar surface area (TPSA) is 45.4 Å². The highest BCUT2D eigenvalue weighted by molar-refractivity contribution is 6.05. The van der Waals surface area contributed by atoms with Crippen LogP contribution in [0.3, 0.4) is 0 Å². The summed E-state index contributed by atoms with van der Waals surface area (Å²) in [5.74, 6) is 1.74. The van der Waals surface area contributed by atoms with Gasteiger partial charge in [0, 0.05) is 31.6 Å². The second-order valence-corrected chi connectivity index (χ2v) is 5.79.